The lowest BCUT2D eigenvalue weighted by molar-refractivity contribution is 0.122. The molecule has 1 N–H and O–H groups in total. The van der Waals surface area contributed by atoms with E-state index < -0.39 is 10.0 Å². The van der Waals surface area contributed by atoms with E-state index in [1.807, 2.05) is 24.3 Å². The van der Waals surface area contributed by atoms with Crippen molar-refractivity contribution in [3.63, 3.8) is 0 Å². The van der Waals surface area contributed by atoms with Crippen molar-refractivity contribution < 1.29 is 13.2 Å². The van der Waals surface area contributed by atoms with Crippen molar-refractivity contribution in [1.82, 2.24) is 4.83 Å². The summed E-state index contributed by atoms with van der Waals surface area (Å²) >= 11 is 0. The minimum Gasteiger partial charge on any atom is -0.378 e. The Morgan fingerprint density at radius 2 is 1.68 bits per heavy atom. The molecule has 0 bridgehead atoms. The molecule has 0 aromatic heterocycles. The third kappa shape index (κ3) is 4.37. The van der Waals surface area contributed by atoms with E-state index in [9.17, 15) is 8.42 Å². The van der Waals surface area contributed by atoms with Gasteiger partial charge in [0.15, 0.2) is 0 Å². The average Bonchev–Trinajstić information content (AvgIpc) is 2.68. The number of nitrogens with one attached hydrogen (secondary N) is 1. The predicted octanol–water partition coefficient (Wildman–Crippen LogP) is 2.23. The number of anilines is 1. The summed E-state index contributed by atoms with van der Waals surface area (Å²) in [6.07, 6.45) is 0. The molecule has 0 amide bonds. The van der Waals surface area contributed by atoms with Gasteiger partial charge in [-0.2, -0.15) is 18.4 Å². The molecule has 0 aliphatic carbocycles. The molecular weight excluding hydrogens is 338 g/mol. The Balaban J connectivity index is 1.70. The molecule has 0 saturated carbocycles. The average molecular weight is 359 g/mol. The highest BCUT2D eigenvalue weighted by molar-refractivity contribution is 7.89. The Labute approximate surface area is 148 Å². The van der Waals surface area contributed by atoms with Crippen molar-refractivity contribution in [2.75, 3.05) is 31.2 Å². The first-order chi connectivity index (χ1) is 12.1. The monoisotopic (exact) mass is 359 g/mol. The Morgan fingerprint density at radius 1 is 1.04 bits per heavy atom. The first-order valence-electron chi connectivity index (χ1n) is 8.10. The summed E-state index contributed by atoms with van der Waals surface area (Å²) in [6, 6.07) is 16.1. The zero-order valence-electron chi connectivity index (χ0n) is 14.1. The zero-order chi connectivity index (χ0) is 17.7. The van der Waals surface area contributed by atoms with Crippen molar-refractivity contribution in [3.05, 3.63) is 60.2 Å². The lowest BCUT2D eigenvalue weighted by Crippen LogP contribution is -2.36. The van der Waals surface area contributed by atoms with Crippen LogP contribution in [0.1, 0.15) is 12.5 Å². The lowest BCUT2D eigenvalue weighted by atomic mass is 10.1. The van der Waals surface area contributed by atoms with E-state index in [2.05, 4.69) is 14.8 Å². The van der Waals surface area contributed by atoms with E-state index in [-0.39, 0.29) is 4.90 Å². The SMILES string of the molecule is CC(=NNS(=O)(=O)c1ccccc1)c1ccc(N2CCOCC2)cc1. The van der Waals surface area contributed by atoms with Crippen molar-refractivity contribution in [3.8, 4) is 0 Å². The summed E-state index contributed by atoms with van der Waals surface area (Å²) in [4.78, 5) is 4.74. The number of benzene rings is 2. The fraction of sp³-hybridized carbons (Fsp3) is 0.278. The molecular formula is C18H21N3O3S. The molecule has 1 heterocycles. The summed E-state index contributed by atoms with van der Waals surface area (Å²) in [6.45, 7) is 5.01. The number of rotatable bonds is 5. The summed E-state index contributed by atoms with van der Waals surface area (Å²) in [7, 11) is -3.65. The van der Waals surface area contributed by atoms with Gasteiger partial charge in [0, 0.05) is 18.8 Å². The van der Waals surface area contributed by atoms with Gasteiger partial charge in [0.2, 0.25) is 0 Å². The molecule has 7 heteroatoms. The second-order valence-electron chi connectivity index (χ2n) is 5.75. The number of ether oxygens (including phenoxy) is 1. The van der Waals surface area contributed by atoms with E-state index in [0.717, 1.165) is 37.6 Å². The molecule has 2 aromatic rings. The first-order valence-corrected chi connectivity index (χ1v) is 9.59. The maximum atomic E-state index is 12.2. The van der Waals surface area contributed by atoms with Crippen molar-refractivity contribution >= 4 is 21.4 Å². The lowest BCUT2D eigenvalue weighted by Gasteiger charge is -2.28. The predicted molar refractivity (Wildman–Crippen MR) is 98.4 cm³/mol. The van der Waals surface area contributed by atoms with Gasteiger partial charge in [-0.1, -0.05) is 30.3 Å². The third-order valence-electron chi connectivity index (χ3n) is 4.05. The summed E-state index contributed by atoms with van der Waals surface area (Å²) in [5.41, 5.74) is 2.60. The summed E-state index contributed by atoms with van der Waals surface area (Å²) < 4.78 is 29.7. The number of hydrogen-bond donors (Lipinski definition) is 1. The Morgan fingerprint density at radius 3 is 2.32 bits per heavy atom. The van der Waals surface area contributed by atoms with Gasteiger partial charge >= 0.3 is 0 Å². The number of sulfonamides is 1. The van der Waals surface area contributed by atoms with E-state index in [0.29, 0.717) is 5.71 Å². The maximum absolute atomic E-state index is 12.2. The van der Waals surface area contributed by atoms with E-state index in [1.54, 1.807) is 25.1 Å². The molecule has 3 rings (SSSR count). The van der Waals surface area contributed by atoms with Crippen LogP contribution in [0.15, 0.2) is 64.6 Å². The fourth-order valence-corrected chi connectivity index (χ4v) is 3.46. The minimum atomic E-state index is -3.65. The van der Waals surface area contributed by atoms with Gasteiger partial charge in [0.1, 0.15) is 0 Å². The largest absolute Gasteiger partial charge is 0.378 e. The van der Waals surface area contributed by atoms with Crippen molar-refractivity contribution in [2.24, 2.45) is 5.10 Å². The van der Waals surface area contributed by atoms with E-state index >= 15 is 0 Å². The molecule has 1 aliphatic rings. The summed E-state index contributed by atoms with van der Waals surface area (Å²) in [5.74, 6) is 0. The van der Waals surface area contributed by atoms with Crippen LogP contribution in [0.2, 0.25) is 0 Å². The fourth-order valence-electron chi connectivity index (χ4n) is 2.58. The second-order valence-corrected chi connectivity index (χ2v) is 7.41. The van der Waals surface area contributed by atoms with Crippen LogP contribution in [0.25, 0.3) is 0 Å². The highest BCUT2D eigenvalue weighted by Gasteiger charge is 2.13. The quantitative estimate of drug-likeness (QED) is 0.656. The van der Waals surface area contributed by atoms with Gasteiger partial charge in [-0.25, -0.2) is 0 Å². The van der Waals surface area contributed by atoms with Crippen LogP contribution in [0.3, 0.4) is 0 Å². The number of hydrogen-bond acceptors (Lipinski definition) is 5. The molecule has 1 aliphatic heterocycles. The topological polar surface area (TPSA) is 71.0 Å². The highest BCUT2D eigenvalue weighted by atomic mass is 32.2. The van der Waals surface area contributed by atoms with Gasteiger partial charge in [0.05, 0.1) is 23.8 Å². The molecule has 0 atom stereocenters. The van der Waals surface area contributed by atoms with Crippen LogP contribution in [-0.2, 0) is 14.8 Å². The number of hydrazone groups is 1. The van der Waals surface area contributed by atoms with Crippen molar-refractivity contribution in [2.45, 2.75) is 11.8 Å². The second kappa shape index (κ2) is 7.67. The van der Waals surface area contributed by atoms with Gasteiger partial charge in [-0.05, 0) is 36.8 Å². The standard InChI is InChI=1S/C18H21N3O3S/c1-15(19-20-25(22,23)18-5-3-2-4-6-18)16-7-9-17(10-8-16)21-11-13-24-14-12-21/h2-10,20H,11-14H2,1H3. The van der Waals surface area contributed by atoms with Crippen molar-refractivity contribution in [1.29, 1.82) is 0 Å². The van der Waals surface area contributed by atoms with Crippen LogP contribution >= 0.6 is 0 Å². The Hall–Kier alpha value is -2.38. The van der Waals surface area contributed by atoms with Crippen LogP contribution in [0, 0.1) is 0 Å². The maximum Gasteiger partial charge on any atom is 0.276 e. The smallest absolute Gasteiger partial charge is 0.276 e. The Bertz CT molecular complexity index is 828. The van der Waals surface area contributed by atoms with Gasteiger partial charge in [-0.15, -0.1) is 0 Å². The summed E-state index contributed by atoms with van der Waals surface area (Å²) in [5, 5.41) is 4.03. The van der Waals surface area contributed by atoms with Crippen LogP contribution in [-0.4, -0.2) is 40.4 Å². The molecule has 25 heavy (non-hydrogen) atoms. The number of nitrogens with zero attached hydrogens (tertiary/aromatic N) is 2. The molecule has 1 fully saturated rings. The van der Waals surface area contributed by atoms with Crippen LogP contribution < -0.4 is 9.73 Å². The third-order valence-corrected chi connectivity index (χ3v) is 5.27. The Kier molecular flexibility index (Phi) is 5.35. The molecule has 0 unspecified atom stereocenters. The highest BCUT2D eigenvalue weighted by Crippen LogP contribution is 2.17. The molecule has 0 spiro atoms. The van der Waals surface area contributed by atoms with E-state index in [4.69, 9.17) is 4.74 Å². The van der Waals surface area contributed by atoms with Gasteiger partial charge in [-0.3, -0.25) is 0 Å². The molecule has 132 valence electrons. The van der Waals surface area contributed by atoms with E-state index in [1.165, 1.54) is 12.1 Å². The molecule has 0 radical (unpaired) electrons. The molecule has 1 saturated heterocycles. The van der Waals surface area contributed by atoms with Crippen LogP contribution in [0.5, 0.6) is 0 Å². The molecule has 2 aromatic carbocycles. The zero-order valence-corrected chi connectivity index (χ0v) is 14.9. The molecule has 6 nitrogen and oxygen atoms in total. The van der Waals surface area contributed by atoms with Gasteiger partial charge in [0.25, 0.3) is 10.0 Å². The normalized spacial score (nSPS) is 15.9. The van der Waals surface area contributed by atoms with Gasteiger partial charge < -0.3 is 9.64 Å². The minimum absolute atomic E-state index is 0.189. The van der Waals surface area contributed by atoms with Crippen LogP contribution in [0.4, 0.5) is 5.69 Å². The number of morpholine rings is 1. The first kappa shape index (κ1) is 17.4.